The van der Waals surface area contributed by atoms with Crippen LogP contribution in [-0.2, 0) is 0 Å². The highest BCUT2D eigenvalue weighted by atomic mass is 16.3. The van der Waals surface area contributed by atoms with Crippen LogP contribution in [0.1, 0.15) is 11.1 Å². The Morgan fingerprint density at radius 1 is 0.526 bits per heavy atom. The third-order valence-corrected chi connectivity index (χ3v) is 12.6. The summed E-state index contributed by atoms with van der Waals surface area (Å²) in [6.45, 7) is 0. The predicted molar refractivity (Wildman–Crippen MR) is 233 cm³/mol. The van der Waals surface area contributed by atoms with Gasteiger partial charge in [-0.25, -0.2) is 4.98 Å². The van der Waals surface area contributed by atoms with E-state index in [2.05, 4.69) is 152 Å². The van der Waals surface area contributed by atoms with E-state index in [9.17, 15) is 0 Å². The van der Waals surface area contributed by atoms with E-state index >= 15 is 0 Å². The molecule has 0 radical (unpaired) electrons. The van der Waals surface area contributed by atoms with E-state index in [0.29, 0.717) is 0 Å². The topological polar surface area (TPSA) is 51.8 Å². The Labute approximate surface area is 327 Å². The van der Waals surface area contributed by atoms with Crippen LogP contribution in [0.5, 0.6) is 0 Å². The zero-order valence-electron chi connectivity index (χ0n) is 30.6. The SMILES string of the molecule is C1=CC2=C(c3cccc(-c4nc5ccccc5c5c4ccc4c6ccccc6oc45)c3)C=CC3=CC=C4C(c5ccnc6c5ccc5cccnc56)=CC=C1C4C32. The number of hydrogen-bond donors (Lipinski definition) is 0. The fourth-order valence-electron chi connectivity index (χ4n) is 10.0. The Bertz CT molecular complexity index is 3530. The normalized spacial score (nSPS) is 18.4. The van der Waals surface area contributed by atoms with Crippen LogP contribution in [0.15, 0.2) is 203 Å². The smallest absolute Gasteiger partial charge is 0.144 e. The van der Waals surface area contributed by atoms with Crippen LogP contribution < -0.4 is 0 Å². The molecule has 4 heteroatoms. The fraction of sp³-hybridized carbons (Fsp3) is 0.0377. The van der Waals surface area contributed by atoms with Gasteiger partial charge in [0.15, 0.2) is 0 Å². The second-order valence-corrected chi connectivity index (χ2v) is 15.4. The first-order valence-electron chi connectivity index (χ1n) is 19.6. The predicted octanol–water partition coefficient (Wildman–Crippen LogP) is 13.1. The minimum atomic E-state index is 0.213. The Morgan fingerprint density at radius 3 is 2.32 bits per heavy atom. The number of nitrogens with zero attached hydrogens (tertiary/aromatic N) is 3. The standard InChI is InChI=1S/C53H31N3O/c1-3-12-45-43(11-1)49-44(25-24-42-38-10-2-4-13-46(38)57-53(42)49)50(56-45)34-8-5-7-33(29-34)35-19-14-30-17-22-40-36(20-15-31-16-21-39(35)47(30)48(31)40)37-26-28-55-52-41(37)23-18-32-9-6-27-54-51(32)52/h1-29,47-48H. The lowest BCUT2D eigenvalue weighted by Gasteiger charge is -2.42. The highest BCUT2D eigenvalue weighted by Gasteiger charge is 2.40. The molecule has 4 heterocycles. The van der Waals surface area contributed by atoms with Gasteiger partial charge in [-0.3, -0.25) is 9.97 Å². The van der Waals surface area contributed by atoms with Gasteiger partial charge in [-0.05, 0) is 81.0 Å². The molecule has 5 aromatic carbocycles. The molecule has 4 aromatic heterocycles. The summed E-state index contributed by atoms with van der Waals surface area (Å²) in [7, 11) is 0. The monoisotopic (exact) mass is 725 g/mol. The number of furan rings is 1. The number of hydrogen-bond acceptors (Lipinski definition) is 4. The number of pyridine rings is 3. The van der Waals surface area contributed by atoms with Gasteiger partial charge in [0, 0.05) is 67.5 Å². The summed E-state index contributed by atoms with van der Waals surface area (Å²) < 4.78 is 6.61. The van der Waals surface area contributed by atoms with Gasteiger partial charge in [-0.15, -0.1) is 0 Å². The molecular formula is C53H31N3O. The zero-order chi connectivity index (χ0) is 37.2. The van der Waals surface area contributed by atoms with E-state index < -0.39 is 0 Å². The molecule has 57 heavy (non-hydrogen) atoms. The van der Waals surface area contributed by atoms with Gasteiger partial charge in [-0.1, -0.05) is 127 Å². The lowest BCUT2D eigenvalue weighted by atomic mass is 9.61. The first-order valence-corrected chi connectivity index (χ1v) is 19.6. The summed E-state index contributed by atoms with van der Waals surface area (Å²) in [4.78, 5) is 14.9. The molecule has 0 saturated heterocycles. The number of allylic oxidation sites excluding steroid dienone is 14. The minimum absolute atomic E-state index is 0.213. The number of benzene rings is 5. The van der Waals surface area contributed by atoms with Crippen LogP contribution in [0.25, 0.3) is 87.8 Å². The van der Waals surface area contributed by atoms with Gasteiger partial charge < -0.3 is 4.42 Å². The largest absolute Gasteiger partial charge is 0.455 e. The first-order chi connectivity index (χ1) is 28.3. The summed E-state index contributed by atoms with van der Waals surface area (Å²) in [6.07, 6.45) is 22.4. The molecule has 0 amide bonds. The van der Waals surface area contributed by atoms with E-state index in [4.69, 9.17) is 19.4 Å². The van der Waals surface area contributed by atoms with Crippen LogP contribution in [-0.4, -0.2) is 15.0 Å². The third-order valence-electron chi connectivity index (χ3n) is 12.6. The molecule has 13 rings (SSSR count). The molecule has 0 spiro atoms. The van der Waals surface area contributed by atoms with Crippen molar-refractivity contribution in [2.45, 2.75) is 0 Å². The zero-order valence-corrected chi connectivity index (χ0v) is 30.6. The second kappa shape index (κ2) is 11.5. The third kappa shape index (κ3) is 4.35. The van der Waals surface area contributed by atoms with Gasteiger partial charge in [0.05, 0.1) is 22.2 Å². The molecule has 2 unspecified atom stereocenters. The van der Waals surface area contributed by atoms with Crippen molar-refractivity contribution in [1.29, 1.82) is 0 Å². The van der Waals surface area contributed by atoms with Gasteiger partial charge in [0.2, 0.25) is 0 Å². The fourth-order valence-corrected chi connectivity index (χ4v) is 10.0. The maximum Gasteiger partial charge on any atom is 0.144 e. The van der Waals surface area contributed by atoms with Gasteiger partial charge >= 0.3 is 0 Å². The van der Waals surface area contributed by atoms with Crippen molar-refractivity contribution in [2.24, 2.45) is 11.8 Å². The molecule has 4 aliphatic rings. The maximum absolute atomic E-state index is 6.61. The van der Waals surface area contributed by atoms with Gasteiger partial charge in [0.25, 0.3) is 0 Å². The Balaban J connectivity index is 0.947. The molecule has 9 aromatic rings. The average Bonchev–Trinajstić information content (AvgIpc) is 3.66. The summed E-state index contributed by atoms with van der Waals surface area (Å²) in [6, 6.07) is 40.7. The Morgan fingerprint density at radius 2 is 1.33 bits per heavy atom. The highest BCUT2D eigenvalue weighted by molar-refractivity contribution is 6.24. The number of aromatic nitrogens is 3. The van der Waals surface area contributed by atoms with Crippen molar-refractivity contribution in [3.63, 3.8) is 0 Å². The van der Waals surface area contributed by atoms with Crippen LogP contribution in [0.2, 0.25) is 0 Å². The summed E-state index contributed by atoms with van der Waals surface area (Å²) >= 11 is 0. The average molecular weight is 726 g/mol. The summed E-state index contributed by atoms with van der Waals surface area (Å²) in [5.74, 6) is 0.428. The molecule has 0 N–H and O–H groups in total. The van der Waals surface area contributed by atoms with Crippen LogP contribution in [0, 0.1) is 11.8 Å². The lowest BCUT2D eigenvalue weighted by Crippen LogP contribution is -2.30. The van der Waals surface area contributed by atoms with Crippen molar-refractivity contribution in [3.05, 3.63) is 210 Å². The molecule has 0 saturated carbocycles. The minimum Gasteiger partial charge on any atom is -0.455 e. The van der Waals surface area contributed by atoms with Crippen molar-refractivity contribution in [2.75, 3.05) is 0 Å². The first kappa shape index (κ1) is 30.8. The van der Waals surface area contributed by atoms with E-state index in [1.165, 1.54) is 44.6 Å². The number of fused-ring (bicyclic) bond motifs is 10. The molecule has 4 aliphatic carbocycles. The summed E-state index contributed by atoms with van der Waals surface area (Å²) in [5, 5.41) is 7.77. The van der Waals surface area contributed by atoms with Crippen molar-refractivity contribution < 1.29 is 4.42 Å². The lowest BCUT2D eigenvalue weighted by molar-refractivity contribution is 0.569. The molecule has 2 atom stereocenters. The number of para-hydroxylation sites is 2. The van der Waals surface area contributed by atoms with Crippen LogP contribution in [0.4, 0.5) is 0 Å². The van der Waals surface area contributed by atoms with E-state index in [1.807, 2.05) is 24.5 Å². The maximum atomic E-state index is 6.61. The van der Waals surface area contributed by atoms with Crippen molar-refractivity contribution >= 4 is 76.6 Å². The molecular weight excluding hydrogens is 695 g/mol. The van der Waals surface area contributed by atoms with E-state index in [-0.39, 0.29) is 11.8 Å². The van der Waals surface area contributed by atoms with Crippen molar-refractivity contribution in [1.82, 2.24) is 15.0 Å². The van der Waals surface area contributed by atoms with E-state index in [0.717, 1.165) is 76.7 Å². The van der Waals surface area contributed by atoms with Gasteiger partial charge in [0.1, 0.15) is 11.2 Å². The molecule has 0 fully saturated rings. The molecule has 4 nitrogen and oxygen atoms in total. The van der Waals surface area contributed by atoms with Crippen LogP contribution >= 0.6 is 0 Å². The quantitative estimate of drug-likeness (QED) is 0.170. The van der Waals surface area contributed by atoms with Crippen molar-refractivity contribution in [3.8, 4) is 11.3 Å². The van der Waals surface area contributed by atoms with Crippen LogP contribution in [0.3, 0.4) is 0 Å². The Kier molecular flexibility index (Phi) is 6.25. The number of rotatable bonds is 3. The molecule has 264 valence electrons. The molecule has 0 aliphatic heterocycles. The molecule has 0 bridgehead atoms. The van der Waals surface area contributed by atoms with E-state index in [1.54, 1.807) is 0 Å². The summed E-state index contributed by atoms with van der Waals surface area (Å²) in [5.41, 5.74) is 17.0. The second-order valence-electron chi connectivity index (χ2n) is 15.4. The van der Waals surface area contributed by atoms with Gasteiger partial charge in [-0.2, -0.15) is 0 Å². The highest BCUT2D eigenvalue weighted by Crippen LogP contribution is 2.54. The Hall–Kier alpha value is -7.43.